The van der Waals surface area contributed by atoms with Crippen molar-refractivity contribution in [2.75, 3.05) is 13.1 Å². The smallest absolute Gasteiger partial charge is 0.293 e. The van der Waals surface area contributed by atoms with Gasteiger partial charge in [0.05, 0.1) is 12.1 Å². The molecular weight excluding hydrogens is 345 g/mol. The molecule has 1 heterocycles. The molecule has 0 unspecified atom stereocenters. The molecule has 0 saturated carbocycles. The lowest BCUT2D eigenvalue weighted by atomic mass is 10.1. The first-order valence-corrected chi connectivity index (χ1v) is 6.92. The van der Waals surface area contributed by atoms with Crippen molar-refractivity contribution in [1.29, 1.82) is 0 Å². The van der Waals surface area contributed by atoms with Crippen molar-refractivity contribution in [3.05, 3.63) is 33.8 Å². The maximum Gasteiger partial charge on any atom is 0.416 e. The van der Waals surface area contributed by atoms with Crippen LogP contribution in [0.2, 0.25) is 0 Å². The first-order valence-electron chi connectivity index (χ1n) is 6.13. The number of rotatable bonds is 2. The zero-order chi connectivity index (χ0) is 15.0. The first kappa shape index (κ1) is 15.7. The summed E-state index contributed by atoms with van der Waals surface area (Å²) in [7, 11) is 0. The van der Waals surface area contributed by atoms with Crippen molar-refractivity contribution in [3.63, 3.8) is 0 Å². The zero-order valence-corrected chi connectivity index (χ0v) is 12.1. The fourth-order valence-corrected chi connectivity index (χ4v) is 2.78. The number of halogens is 6. The van der Waals surface area contributed by atoms with Crippen molar-refractivity contribution in [3.8, 4) is 0 Å². The van der Waals surface area contributed by atoms with Gasteiger partial charge in [0, 0.05) is 17.4 Å². The molecule has 1 fully saturated rings. The normalized spacial score (nSPS) is 20.1. The SMILES string of the molecule is FC1(F)CCCN(Cc2ccc(C(F)(F)F)cc2Br)C1. The lowest BCUT2D eigenvalue weighted by Crippen LogP contribution is -2.42. The molecule has 112 valence electrons. The Balaban J connectivity index is 2.10. The number of likely N-dealkylation sites (tertiary alicyclic amines) is 1. The summed E-state index contributed by atoms with van der Waals surface area (Å²) in [6, 6.07) is 3.29. The van der Waals surface area contributed by atoms with E-state index in [4.69, 9.17) is 0 Å². The molecule has 1 nitrogen and oxygen atoms in total. The molecule has 0 amide bonds. The van der Waals surface area contributed by atoms with Crippen molar-refractivity contribution in [2.24, 2.45) is 0 Å². The fourth-order valence-electron chi connectivity index (χ4n) is 2.27. The van der Waals surface area contributed by atoms with E-state index in [9.17, 15) is 22.0 Å². The van der Waals surface area contributed by atoms with Crippen molar-refractivity contribution in [2.45, 2.75) is 31.5 Å². The van der Waals surface area contributed by atoms with Crippen LogP contribution in [-0.4, -0.2) is 23.9 Å². The van der Waals surface area contributed by atoms with Gasteiger partial charge >= 0.3 is 6.18 Å². The van der Waals surface area contributed by atoms with E-state index >= 15 is 0 Å². The molecule has 0 radical (unpaired) electrons. The molecule has 0 atom stereocenters. The number of hydrogen-bond donors (Lipinski definition) is 0. The topological polar surface area (TPSA) is 3.24 Å². The molecule has 0 aromatic heterocycles. The predicted molar refractivity (Wildman–Crippen MR) is 68.6 cm³/mol. The second-order valence-corrected chi connectivity index (χ2v) is 5.83. The maximum atomic E-state index is 13.3. The molecule has 0 bridgehead atoms. The monoisotopic (exact) mass is 357 g/mol. The van der Waals surface area contributed by atoms with Crippen molar-refractivity contribution < 1.29 is 22.0 Å². The largest absolute Gasteiger partial charge is 0.416 e. The van der Waals surface area contributed by atoms with Gasteiger partial charge in [-0.05, 0) is 30.7 Å². The molecule has 7 heteroatoms. The van der Waals surface area contributed by atoms with E-state index in [1.807, 2.05) is 0 Å². The predicted octanol–water partition coefficient (Wildman–Crippen LogP) is 4.70. The Morgan fingerprint density at radius 2 is 1.95 bits per heavy atom. The van der Waals surface area contributed by atoms with E-state index in [1.165, 1.54) is 6.07 Å². The van der Waals surface area contributed by atoms with Gasteiger partial charge in [-0.2, -0.15) is 13.2 Å². The zero-order valence-electron chi connectivity index (χ0n) is 10.5. The number of hydrogen-bond acceptors (Lipinski definition) is 1. The molecule has 1 aliphatic heterocycles. The number of piperidine rings is 1. The van der Waals surface area contributed by atoms with E-state index in [-0.39, 0.29) is 19.5 Å². The molecule has 0 spiro atoms. The molecule has 1 saturated heterocycles. The Labute approximate surface area is 121 Å². The standard InChI is InChI=1S/C13H13BrF5N/c14-11-6-10(13(17,18)19)3-2-9(11)7-20-5-1-4-12(15,16)8-20/h2-3,6H,1,4-5,7-8H2. The molecule has 1 aromatic rings. The Morgan fingerprint density at radius 1 is 1.25 bits per heavy atom. The van der Waals surface area contributed by atoms with Gasteiger partial charge in [-0.1, -0.05) is 22.0 Å². The Bertz CT molecular complexity index is 486. The molecular formula is C13H13BrF5N. The lowest BCUT2D eigenvalue weighted by Gasteiger charge is -2.32. The third-order valence-electron chi connectivity index (χ3n) is 3.25. The van der Waals surface area contributed by atoms with Crippen LogP contribution in [0.15, 0.2) is 22.7 Å². The number of benzene rings is 1. The van der Waals surface area contributed by atoms with E-state index < -0.39 is 17.7 Å². The summed E-state index contributed by atoms with van der Waals surface area (Å²) in [5.74, 6) is -2.71. The van der Waals surface area contributed by atoms with Crippen LogP contribution >= 0.6 is 15.9 Å². The van der Waals surface area contributed by atoms with Crippen LogP contribution in [0, 0.1) is 0 Å². The van der Waals surface area contributed by atoms with E-state index in [0.29, 0.717) is 23.0 Å². The maximum absolute atomic E-state index is 13.3. The second-order valence-electron chi connectivity index (χ2n) is 4.97. The highest BCUT2D eigenvalue weighted by Gasteiger charge is 2.35. The van der Waals surface area contributed by atoms with Crippen LogP contribution in [0.25, 0.3) is 0 Å². The van der Waals surface area contributed by atoms with Crippen LogP contribution in [-0.2, 0) is 12.7 Å². The average Bonchev–Trinajstić information content (AvgIpc) is 2.29. The minimum atomic E-state index is -4.40. The van der Waals surface area contributed by atoms with Gasteiger partial charge in [0.2, 0.25) is 0 Å². The Kier molecular flexibility index (Phi) is 4.39. The third kappa shape index (κ3) is 3.91. The van der Waals surface area contributed by atoms with E-state index in [0.717, 1.165) is 12.1 Å². The van der Waals surface area contributed by atoms with Crippen molar-refractivity contribution >= 4 is 15.9 Å². The Hall–Kier alpha value is -0.690. The summed E-state index contributed by atoms with van der Waals surface area (Å²) in [5, 5.41) is 0. The molecule has 2 rings (SSSR count). The summed E-state index contributed by atoms with van der Waals surface area (Å²) in [6.07, 6.45) is -4.14. The van der Waals surface area contributed by atoms with Gasteiger partial charge in [0.25, 0.3) is 5.92 Å². The quantitative estimate of drug-likeness (QED) is 0.693. The highest BCUT2D eigenvalue weighted by atomic mass is 79.9. The first-order chi connectivity index (χ1) is 9.17. The van der Waals surface area contributed by atoms with Gasteiger partial charge in [-0.15, -0.1) is 0 Å². The second kappa shape index (κ2) is 5.60. The minimum Gasteiger partial charge on any atom is -0.293 e. The highest BCUT2D eigenvalue weighted by Crippen LogP contribution is 2.33. The molecule has 1 aliphatic rings. The molecule has 20 heavy (non-hydrogen) atoms. The van der Waals surface area contributed by atoms with Gasteiger partial charge in [-0.3, -0.25) is 4.90 Å². The van der Waals surface area contributed by atoms with Gasteiger partial charge < -0.3 is 0 Å². The number of nitrogens with zero attached hydrogens (tertiary/aromatic N) is 1. The van der Waals surface area contributed by atoms with E-state index in [2.05, 4.69) is 15.9 Å². The summed E-state index contributed by atoms with van der Waals surface area (Å²) in [6.45, 7) is 0.401. The van der Waals surface area contributed by atoms with Gasteiger partial charge in [0.15, 0.2) is 0 Å². The number of alkyl halides is 5. The van der Waals surface area contributed by atoms with Crippen LogP contribution in [0.5, 0.6) is 0 Å². The molecule has 1 aromatic carbocycles. The van der Waals surface area contributed by atoms with Gasteiger partial charge in [0.1, 0.15) is 0 Å². The fraction of sp³-hybridized carbons (Fsp3) is 0.538. The van der Waals surface area contributed by atoms with E-state index in [1.54, 1.807) is 4.90 Å². The average molecular weight is 358 g/mol. The summed E-state index contributed by atoms with van der Waals surface area (Å²) < 4.78 is 64.4. The molecule has 0 N–H and O–H groups in total. The van der Waals surface area contributed by atoms with Crippen molar-refractivity contribution in [1.82, 2.24) is 4.90 Å². The third-order valence-corrected chi connectivity index (χ3v) is 3.98. The summed E-state index contributed by atoms with van der Waals surface area (Å²) in [4.78, 5) is 1.57. The van der Waals surface area contributed by atoms with Crippen LogP contribution in [0.1, 0.15) is 24.0 Å². The molecule has 0 aliphatic carbocycles. The Morgan fingerprint density at radius 3 is 2.50 bits per heavy atom. The summed E-state index contributed by atoms with van der Waals surface area (Å²) in [5.41, 5.74) is -0.173. The highest BCUT2D eigenvalue weighted by molar-refractivity contribution is 9.10. The van der Waals surface area contributed by atoms with Gasteiger partial charge in [-0.25, -0.2) is 8.78 Å². The van der Waals surface area contributed by atoms with Crippen LogP contribution in [0.4, 0.5) is 22.0 Å². The van der Waals surface area contributed by atoms with Crippen LogP contribution < -0.4 is 0 Å². The van der Waals surface area contributed by atoms with Crippen LogP contribution in [0.3, 0.4) is 0 Å². The minimum absolute atomic E-state index is 0.127. The summed E-state index contributed by atoms with van der Waals surface area (Å²) >= 11 is 3.08. The lowest BCUT2D eigenvalue weighted by molar-refractivity contribution is -0.137.